The van der Waals surface area contributed by atoms with Gasteiger partial charge in [0.05, 0.1) is 26.9 Å². The fourth-order valence-electron chi connectivity index (χ4n) is 4.83. The van der Waals surface area contributed by atoms with Gasteiger partial charge in [0.1, 0.15) is 11.5 Å². The van der Waals surface area contributed by atoms with Crippen molar-refractivity contribution in [2.45, 2.75) is 31.6 Å². The molecule has 0 spiro atoms. The number of hydrogen-bond donors (Lipinski definition) is 0. The van der Waals surface area contributed by atoms with Crippen LogP contribution in [0.15, 0.2) is 42.5 Å². The minimum atomic E-state index is -0.277. The zero-order chi connectivity index (χ0) is 19.7. The fourth-order valence-corrected chi connectivity index (χ4v) is 4.83. The number of carbonyl (C=O) groups is 1. The molecule has 0 heterocycles. The number of carbonyl (C=O) groups excluding carboxylic acids is 1. The summed E-state index contributed by atoms with van der Waals surface area (Å²) in [6.07, 6.45) is 4.58. The Morgan fingerprint density at radius 2 is 1.50 bits per heavy atom. The molecule has 0 amide bonds. The molecule has 2 aromatic rings. The highest BCUT2D eigenvalue weighted by Crippen LogP contribution is 2.53. The molecule has 1 fully saturated rings. The number of esters is 1. The molecule has 0 unspecified atom stereocenters. The van der Waals surface area contributed by atoms with E-state index < -0.39 is 0 Å². The molecule has 1 saturated carbocycles. The average molecular weight is 378 g/mol. The van der Waals surface area contributed by atoms with Crippen LogP contribution in [0.25, 0.3) is 11.1 Å². The van der Waals surface area contributed by atoms with Crippen molar-refractivity contribution < 1.29 is 19.0 Å². The van der Waals surface area contributed by atoms with E-state index in [1.165, 1.54) is 25.5 Å². The molecule has 2 aliphatic rings. The molecule has 0 radical (unpaired) electrons. The number of hydrogen-bond acceptors (Lipinski definition) is 4. The SMILES string of the molecule is COC(=O)C1=C(c2ccc(OC)cc2)[C@H]2CCCC[C@H]2c2cc(OC)ccc21. The maximum absolute atomic E-state index is 12.9. The number of fused-ring (bicyclic) bond motifs is 3. The molecule has 146 valence electrons. The second-order valence-electron chi connectivity index (χ2n) is 7.46. The van der Waals surface area contributed by atoms with Crippen molar-refractivity contribution in [2.24, 2.45) is 5.92 Å². The standard InChI is InChI=1S/C24H26O4/c1-26-16-10-8-15(9-11-16)22-19-7-5-4-6-18(19)21-14-17(27-2)12-13-20(21)23(22)24(25)28-3/h8-14,18-19H,4-7H2,1-3H3/t18-,19+/m1/s1. The molecule has 2 aromatic carbocycles. The minimum absolute atomic E-state index is 0.277. The molecule has 28 heavy (non-hydrogen) atoms. The predicted molar refractivity (Wildman–Crippen MR) is 110 cm³/mol. The Labute approximate surface area is 166 Å². The lowest BCUT2D eigenvalue weighted by atomic mass is 9.64. The summed E-state index contributed by atoms with van der Waals surface area (Å²) < 4.78 is 16.0. The van der Waals surface area contributed by atoms with E-state index in [-0.39, 0.29) is 5.97 Å². The van der Waals surface area contributed by atoms with Gasteiger partial charge in [0, 0.05) is 0 Å². The van der Waals surface area contributed by atoms with Crippen LogP contribution in [-0.4, -0.2) is 27.3 Å². The first-order valence-electron chi connectivity index (χ1n) is 9.83. The average Bonchev–Trinajstić information content (AvgIpc) is 2.77. The van der Waals surface area contributed by atoms with Gasteiger partial charge in [-0.25, -0.2) is 4.79 Å². The lowest BCUT2D eigenvalue weighted by Gasteiger charge is -2.40. The van der Waals surface area contributed by atoms with Crippen LogP contribution in [0.2, 0.25) is 0 Å². The lowest BCUT2D eigenvalue weighted by Crippen LogP contribution is -2.27. The summed E-state index contributed by atoms with van der Waals surface area (Å²) in [5, 5.41) is 0. The van der Waals surface area contributed by atoms with Crippen molar-refractivity contribution in [1.82, 2.24) is 0 Å². The normalized spacial score (nSPS) is 20.8. The number of ether oxygens (including phenoxy) is 3. The summed E-state index contributed by atoms with van der Waals surface area (Å²) in [4.78, 5) is 12.9. The van der Waals surface area contributed by atoms with E-state index >= 15 is 0 Å². The van der Waals surface area contributed by atoms with Crippen LogP contribution in [-0.2, 0) is 9.53 Å². The van der Waals surface area contributed by atoms with Gasteiger partial charge in [-0.1, -0.05) is 31.0 Å². The first-order chi connectivity index (χ1) is 13.7. The van der Waals surface area contributed by atoms with Gasteiger partial charge in [0.25, 0.3) is 0 Å². The third kappa shape index (κ3) is 3.07. The predicted octanol–water partition coefficient (Wildman–Crippen LogP) is 5.08. The molecule has 2 atom stereocenters. The Morgan fingerprint density at radius 3 is 2.14 bits per heavy atom. The van der Waals surface area contributed by atoms with E-state index in [0.717, 1.165) is 41.0 Å². The Morgan fingerprint density at radius 1 is 0.857 bits per heavy atom. The molecule has 4 nitrogen and oxygen atoms in total. The summed E-state index contributed by atoms with van der Waals surface area (Å²) in [6.45, 7) is 0. The first-order valence-corrected chi connectivity index (χ1v) is 9.83. The minimum Gasteiger partial charge on any atom is -0.497 e. The van der Waals surface area contributed by atoms with E-state index in [2.05, 4.69) is 18.2 Å². The zero-order valence-electron chi connectivity index (χ0n) is 16.7. The van der Waals surface area contributed by atoms with Gasteiger partial charge in [-0.05, 0) is 71.2 Å². The highest BCUT2D eigenvalue weighted by atomic mass is 16.5. The van der Waals surface area contributed by atoms with Crippen molar-refractivity contribution in [1.29, 1.82) is 0 Å². The van der Waals surface area contributed by atoms with E-state index in [0.29, 0.717) is 17.4 Å². The van der Waals surface area contributed by atoms with Crippen LogP contribution in [0.1, 0.15) is 48.3 Å². The van der Waals surface area contributed by atoms with Crippen molar-refractivity contribution in [3.63, 3.8) is 0 Å². The Bertz CT molecular complexity index is 911. The first kappa shape index (κ1) is 18.6. The van der Waals surface area contributed by atoms with E-state index in [9.17, 15) is 4.79 Å². The van der Waals surface area contributed by atoms with Crippen LogP contribution in [0.5, 0.6) is 11.5 Å². The van der Waals surface area contributed by atoms with Crippen LogP contribution >= 0.6 is 0 Å². The van der Waals surface area contributed by atoms with Crippen molar-refractivity contribution in [3.8, 4) is 11.5 Å². The van der Waals surface area contributed by atoms with Crippen molar-refractivity contribution in [3.05, 3.63) is 59.2 Å². The molecular weight excluding hydrogens is 352 g/mol. The van der Waals surface area contributed by atoms with Gasteiger partial charge in [-0.3, -0.25) is 0 Å². The highest BCUT2D eigenvalue weighted by molar-refractivity contribution is 6.26. The van der Waals surface area contributed by atoms with Crippen LogP contribution in [0, 0.1) is 5.92 Å². The second kappa shape index (κ2) is 7.70. The molecule has 0 N–H and O–H groups in total. The molecule has 4 heteroatoms. The van der Waals surface area contributed by atoms with E-state index in [1.54, 1.807) is 14.2 Å². The highest BCUT2D eigenvalue weighted by Gasteiger charge is 2.40. The summed E-state index contributed by atoms with van der Waals surface area (Å²) in [5.41, 5.74) is 5.05. The summed E-state index contributed by atoms with van der Waals surface area (Å²) in [7, 11) is 4.80. The summed E-state index contributed by atoms with van der Waals surface area (Å²) in [6, 6.07) is 14.1. The molecule has 0 aromatic heterocycles. The van der Waals surface area contributed by atoms with Crippen LogP contribution in [0.3, 0.4) is 0 Å². The Hall–Kier alpha value is -2.75. The molecular formula is C24H26O4. The largest absolute Gasteiger partial charge is 0.497 e. The van der Waals surface area contributed by atoms with Gasteiger partial charge in [0.2, 0.25) is 0 Å². The third-order valence-electron chi connectivity index (χ3n) is 6.12. The smallest absolute Gasteiger partial charge is 0.338 e. The number of rotatable bonds is 4. The number of benzene rings is 2. The fraction of sp³-hybridized carbons (Fsp3) is 0.375. The topological polar surface area (TPSA) is 44.8 Å². The monoisotopic (exact) mass is 378 g/mol. The molecule has 2 aliphatic carbocycles. The van der Waals surface area contributed by atoms with E-state index in [1.807, 2.05) is 24.3 Å². The third-order valence-corrected chi connectivity index (χ3v) is 6.12. The summed E-state index contributed by atoms with van der Waals surface area (Å²) >= 11 is 0. The Kier molecular flexibility index (Phi) is 5.12. The van der Waals surface area contributed by atoms with Gasteiger partial charge in [-0.2, -0.15) is 0 Å². The second-order valence-corrected chi connectivity index (χ2v) is 7.46. The number of allylic oxidation sites excluding steroid dienone is 1. The van der Waals surface area contributed by atoms with Gasteiger partial charge in [-0.15, -0.1) is 0 Å². The molecule has 0 aliphatic heterocycles. The van der Waals surface area contributed by atoms with Gasteiger partial charge < -0.3 is 14.2 Å². The maximum Gasteiger partial charge on any atom is 0.338 e. The van der Waals surface area contributed by atoms with E-state index in [4.69, 9.17) is 14.2 Å². The molecule has 0 bridgehead atoms. The number of methoxy groups -OCH3 is 3. The zero-order valence-corrected chi connectivity index (χ0v) is 16.7. The molecule has 0 saturated heterocycles. The van der Waals surface area contributed by atoms with Crippen LogP contribution in [0.4, 0.5) is 0 Å². The van der Waals surface area contributed by atoms with Gasteiger partial charge >= 0.3 is 5.97 Å². The molecule has 4 rings (SSSR count). The van der Waals surface area contributed by atoms with Crippen molar-refractivity contribution in [2.75, 3.05) is 21.3 Å². The van der Waals surface area contributed by atoms with Gasteiger partial charge in [0.15, 0.2) is 0 Å². The summed E-state index contributed by atoms with van der Waals surface area (Å²) in [5.74, 6) is 2.06. The van der Waals surface area contributed by atoms with Crippen molar-refractivity contribution >= 4 is 17.1 Å². The van der Waals surface area contributed by atoms with Crippen LogP contribution < -0.4 is 9.47 Å². The quantitative estimate of drug-likeness (QED) is 0.697. The maximum atomic E-state index is 12.9. The Balaban J connectivity index is 1.97. The lowest BCUT2D eigenvalue weighted by molar-refractivity contribution is -0.133.